The van der Waals surface area contributed by atoms with Crippen molar-refractivity contribution in [3.05, 3.63) is 72.1 Å². The van der Waals surface area contributed by atoms with E-state index in [1.165, 1.54) is 0 Å². The fourth-order valence-corrected chi connectivity index (χ4v) is 4.59. The molecule has 2 aromatic heterocycles. The summed E-state index contributed by atoms with van der Waals surface area (Å²) in [6, 6.07) is 11.0. The molecule has 1 aliphatic heterocycles. The monoisotopic (exact) mass is 414 g/mol. The van der Waals surface area contributed by atoms with E-state index in [0.717, 1.165) is 36.2 Å². The molecular weight excluding hydrogens is 392 g/mol. The lowest BCUT2D eigenvalue weighted by molar-refractivity contribution is -0.111. The van der Waals surface area contributed by atoms with Crippen molar-refractivity contribution >= 4 is 34.3 Å². The number of aromatic nitrogens is 2. The molecule has 1 aliphatic carbocycles. The molecule has 1 aromatic carbocycles. The highest BCUT2D eigenvalue weighted by molar-refractivity contribution is 6.05. The number of pyridine rings is 1. The molecule has 3 aromatic rings. The molecule has 1 spiro atoms. The smallest absolute Gasteiger partial charge is 0.268 e. The van der Waals surface area contributed by atoms with E-state index in [1.54, 1.807) is 24.4 Å². The van der Waals surface area contributed by atoms with Crippen molar-refractivity contribution in [1.82, 2.24) is 14.9 Å². The number of carbonyl (C=O) groups excluding carboxylic acids is 3. The molecule has 5 rings (SSSR count). The Labute approximate surface area is 179 Å². The highest BCUT2D eigenvalue weighted by atomic mass is 16.2. The number of hydrogen-bond donors (Lipinski definition) is 2. The van der Waals surface area contributed by atoms with Gasteiger partial charge in [-0.15, -0.1) is 0 Å². The summed E-state index contributed by atoms with van der Waals surface area (Å²) in [5.74, 6) is -0.174. The van der Waals surface area contributed by atoms with Crippen LogP contribution in [0.2, 0.25) is 0 Å². The van der Waals surface area contributed by atoms with E-state index < -0.39 is 0 Å². The van der Waals surface area contributed by atoms with Crippen LogP contribution in [0.1, 0.15) is 45.7 Å². The highest BCUT2D eigenvalue weighted by Crippen LogP contribution is 2.44. The normalized spacial score (nSPS) is 16.3. The van der Waals surface area contributed by atoms with Crippen molar-refractivity contribution in [3.8, 4) is 0 Å². The zero-order valence-electron chi connectivity index (χ0n) is 17.0. The van der Waals surface area contributed by atoms with Gasteiger partial charge in [0.1, 0.15) is 11.5 Å². The van der Waals surface area contributed by atoms with Gasteiger partial charge in [0, 0.05) is 41.2 Å². The molecule has 1 fully saturated rings. The molecule has 1 saturated carbocycles. The largest absolute Gasteiger partial charge is 0.348 e. The summed E-state index contributed by atoms with van der Waals surface area (Å²) in [7, 11) is 0. The lowest BCUT2D eigenvalue weighted by atomic mass is 9.75. The Bertz CT molecular complexity index is 1250. The summed E-state index contributed by atoms with van der Waals surface area (Å²) in [4.78, 5) is 41.4. The average Bonchev–Trinajstić information content (AvgIpc) is 3.14. The lowest BCUT2D eigenvalue weighted by Crippen LogP contribution is -2.55. The molecule has 2 N–H and O–H groups in total. The number of nitrogens with zero attached hydrogens (tertiary/aromatic N) is 2. The SMILES string of the molecule is C=CC(=O)Nc1ncccc1CC(=O)c1ccc2cc3n(c2c1)C1(CCC1)CNC3=O. The van der Waals surface area contributed by atoms with Gasteiger partial charge in [-0.25, -0.2) is 4.98 Å². The summed E-state index contributed by atoms with van der Waals surface area (Å²) < 4.78 is 2.14. The van der Waals surface area contributed by atoms with Crippen molar-refractivity contribution < 1.29 is 14.4 Å². The zero-order valence-corrected chi connectivity index (χ0v) is 17.0. The van der Waals surface area contributed by atoms with Crippen LogP contribution in [0.15, 0.2) is 55.3 Å². The zero-order chi connectivity index (χ0) is 21.6. The molecule has 156 valence electrons. The Morgan fingerprint density at radius 2 is 2.10 bits per heavy atom. The maximum absolute atomic E-state index is 13.1. The van der Waals surface area contributed by atoms with E-state index in [4.69, 9.17) is 0 Å². The third-order valence-corrected chi connectivity index (χ3v) is 6.36. The first-order chi connectivity index (χ1) is 15.0. The first-order valence-electron chi connectivity index (χ1n) is 10.4. The number of rotatable bonds is 5. The standard InChI is InChI=1S/C24H22N4O3/c1-2-21(30)27-22-17(5-3-10-25-22)13-20(29)16-7-6-15-11-19-23(31)26-14-24(8-4-9-24)28(19)18(15)12-16/h2-3,5-7,10-12H,1,4,8-9,13-14H2,(H,26,31)(H,25,27,30). The molecule has 7 nitrogen and oxygen atoms in total. The van der Waals surface area contributed by atoms with Gasteiger partial charge in [0.25, 0.3) is 5.91 Å². The van der Waals surface area contributed by atoms with E-state index in [1.807, 2.05) is 18.2 Å². The van der Waals surface area contributed by atoms with Gasteiger partial charge < -0.3 is 15.2 Å². The van der Waals surface area contributed by atoms with Crippen molar-refractivity contribution in [1.29, 1.82) is 0 Å². The molecule has 0 unspecified atom stereocenters. The Hall–Kier alpha value is -3.74. The van der Waals surface area contributed by atoms with E-state index in [9.17, 15) is 14.4 Å². The van der Waals surface area contributed by atoms with Gasteiger partial charge in [-0.2, -0.15) is 0 Å². The minimum atomic E-state index is -0.377. The Morgan fingerprint density at radius 1 is 1.26 bits per heavy atom. The van der Waals surface area contributed by atoms with Crippen LogP contribution in [0.4, 0.5) is 5.82 Å². The van der Waals surface area contributed by atoms with Crippen LogP contribution in [0.25, 0.3) is 10.9 Å². The molecule has 3 heterocycles. The average molecular weight is 414 g/mol. The van der Waals surface area contributed by atoms with Gasteiger partial charge in [-0.3, -0.25) is 14.4 Å². The van der Waals surface area contributed by atoms with Crippen LogP contribution in [0.3, 0.4) is 0 Å². The van der Waals surface area contributed by atoms with Gasteiger partial charge >= 0.3 is 0 Å². The summed E-state index contributed by atoms with van der Waals surface area (Å²) in [6.45, 7) is 4.07. The molecule has 2 aliphatic rings. The van der Waals surface area contributed by atoms with Crippen LogP contribution in [-0.2, 0) is 16.8 Å². The molecule has 31 heavy (non-hydrogen) atoms. The van der Waals surface area contributed by atoms with Crippen molar-refractivity contribution in [2.45, 2.75) is 31.2 Å². The van der Waals surface area contributed by atoms with E-state index in [-0.39, 0.29) is 29.6 Å². The number of amides is 2. The van der Waals surface area contributed by atoms with Crippen LogP contribution in [-0.4, -0.2) is 33.7 Å². The van der Waals surface area contributed by atoms with Gasteiger partial charge in [0.15, 0.2) is 5.78 Å². The quantitative estimate of drug-likeness (QED) is 0.495. The second-order valence-corrected chi connectivity index (χ2v) is 8.20. The molecule has 0 radical (unpaired) electrons. The molecule has 2 amide bonds. The Morgan fingerprint density at radius 3 is 2.84 bits per heavy atom. The second kappa shape index (κ2) is 7.19. The molecule has 0 saturated heterocycles. The topological polar surface area (TPSA) is 93.1 Å². The fourth-order valence-electron chi connectivity index (χ4n) is 4.59. The number of anilines is 1. The Balaban J connectivity index is 1.50. The summed E-state index contributed by atoms with van der Waals surface area (Å²) >= 11 is 0. The van der Waals surface area contributed by atoms with Crippen molar-refractivity contribution in [2.75, 3.05) is 11.9 Å². The van der Waals surface area contributed by atoms with Gasteiger partial charge in [-0.05, 0) is 43.5 Å². The second-order valence-electron chi connectivity index (χ2n) is 8.20. The summed E-state index contributed by atoms with van der Waals surface area (Å²) in [5.41, 5.74) is 2.69. The third-order valence-electron chi connectivity index (χ3n) is 6.36. The number of hydrogen-bond acceptors (Lipinski definition) is 4. The maximum atomic E-state index is 13.1. The van der Waals surface area contributed by atoms with Gasteiger partial charge in [0.2, 0.25) is 5.91 Å². The van der Waals surface area contributed by atoms with E-state index in [2.05, 4.69) is 26.8 Å². The predicted octanol–water partition coefficient (Wildman–Crippen LogP) is 3.21. The van der Waals surface area contributed by atoms with E-state index in [0.29, 0.717) is 29.2 Å². The summed E-state index contributed by atoms with van der Waals surface area (Å²) in [5, 5.41) is 6.61. The first-order valence-corrected chi connectivity index (χ1v) is 10.4. The predicted molar refractivity (Wildman–Crippen MR) is 117 cm³/mol. The number of carbonyl (C=O) groups is 3. The van der Waals surface area contributed by atoms with Crippen molar-refractivity contribution in [2.24, 2.45) is 0 Å². The van der Waals surface area contributed by atoms with Gasteiger partial charge in [-0.1, -0.05) is 24.8 Å². The highest BCUT2D eigenvalue weighted by Gasteiger charge is 2.44. The van der Waals surface area contributed by atoms with E-state index >= 15 is 0 Å². The molecule has 0 atom stereocenters. The lowest BCUT2D eigenvalue weighted by Gasteiger charge is -2.47. The minimum absolute atomic E-state index is 0.0698. The fraction of sp³-hybridized carbons (Fsp3) is 0.250. The number of nitrogens with one attached hydrogen (secondary N) is 2. The van der Waals surface area contributed by atoms with Gasteiger partial charge in [0.05, 0.1) is 5.54 Å². The first kappa shape index (κ1) is 19.2. The van der Waals surface area contributed by atoms with Crippen LogP contribution in [0.5, 0.6) is 0 Å². The van der Waals surface area contributed by atoms with Crippen LogP contribution >= 0.6 is 0 Å². The molecule has 7 heteroatoms. The Kier molecular flexibility index (Phi) is 4.46. The third kappa shape index (κ3) is 3.13. The number of benzene rings is 1. The maximum Gasteiger partial charge on any atom is 0.268 e. The minimum Gasteiger partial charge on any atom is -0.348 e. The molecular formula is C24H22N4O3. The number of ketones is 1. The van der Waals surface area contributed by atoms with Crippen LogP contribution in [0, 0.1) is 0 Å². The molecule has 0 bridgehead atoms. The van der Waals surface area contributed by atoms with Crippen molar-refractivity contribution in [3.63, 3.8) is 0 Å². The summed E-state index contributed by atoms with van der Waals surface area (Å²) in [6.07, 6.45) is 6.00. The van der Waals surface area contributed by atoms with Crippen LogP contribution < -0.4 is 10.6 Å². The number of Topliss-reactive ketones (excluding diaryl/α,β-unsaturated/α-hetero) is 1. The number of fused-ring (bicyclic) bond motifs is 4.